The van der Waals surface area contributed by atoms with Gasteiger partial charge in [-0.25, -0.2) is 0 Å². The summed E-state index contributed by atoms with van der Waals surface area (Å²) in [5.41, 5.74) is 4.03. The van der Waals surface area contributed by atoms with E-state index in [9.17, 15) is 0 Å². The van der Waals surface area contributed by atoms with Gasteiger partial charge in [0.1, 0.15) is 13.1 Å². The molecule has 6 heteroatoms. The maximum absolute atomic E-state index is 5.32. The number of hydrogen-bond donors (Lipinski definition) is 3. The van der Waals surface area contributed by atoms with Crippen LogP contribution >= 0.6 is 12.2 Å². The fourth-order valence-corrected chi connectivity index (χ4v) is 1.99. The van der Waals surface area contributed by atoms with Crippen molar-refractivity contribution in [1.82, 2.24) is 10.7 Å². The molecule has 1 aliphatic rings. The van der Waals surface area contributed by atoms with E-state index < -0.39 is 0 Å². The molecule has 0 amide bonds. The van der Waals surface area contributed by atoms with E-state index in [0.717, 1.165) is 57.9 Å². The highest BCUT2D eigenvalue weighted by molar-refractivity contribution is 7.80. The van der Waals surface area contributed by atoms with Crippen molar-refractivity contribution >= 4 is 23.0 Å². The molecule has 18 heavy (non-hydrogen) atoms. The lowest BCUT2D eigenvalue weighted by Crippen LogP contribution is -3.14. The molecule has 0 bridgehead atoms. The van der Waals surface area contributed by atoms with Crippen LogP contribution < -0.4 is 15.6 Å². The molecule has 1 rings (SSSR count). The van der Waals surface area contributed by atoms with Crippen LogP contribution in [0.15, 0.2) is 5.10 Å². The third-order valence-corrected chi connectivity index (χ3v) is 3.33. The summed E-state index contributed by atoms with van der Waals surface area (Å²) in [6.07, 6.45) is 1.92. The Morgan fingerprint density at radius 3 is 2.56 bits per heavy atom. The summed E-state index contributed by atoms with van der Waals surface area (Å²) < 4.78 is 5.32. The van der Waals surface area contributed by atoms with Crippen molar-refractivity contribution in [2.24, 2.45) is 5.10 Å². The number of hydrazone groups is 1. The van der Waals surface area contributed by atoms with Gasteiger partial charge >= 0.3 is 0 Å². The Hall–Kier alpha value is -0.720. The first-order valence-electron chi connectivity index (χ1n) is 6.76. The largest absolute Gasteiger partial charge is 0.370 e. The number of hydrogen-bond acceptors (Lipinski definition) is 3. The predicted molar refractivity (Wildman–Crippen MR) is 78.1 cm³/mol. The zero-order valence-corrected chi connectivity index (χ0v) is 12.2. The van der Waals surface area contributed by atoms with Gasteiger partial charge in [0.15, 0.2) is 5.11 Å². The highest BCUT2D eigenvalue weighted by Gasteiger charge is 2.12. The highest BCUT2D eigenvalue weighted by Crippen LogP contribution is 1.89. The van der Waals surface area contributed by atoms with E-state index in [0.29, 0.717) is 5.11 Å². The molecule has 0 aliphatic carbocycles. The molecule has 0 unspecified atom stereocenters. The van der Waals surface area contributed by atoms with E-state index in [1.54, 1.807) is 4.90 Å². The molecule has 0 aromatic rings. The Morgan fingerprint density at radius 1 is 1.28 bits per heavy atom. The topological polar surface area (TPSA) is 50.1 Å². The molecule has 1 aliphatic heterocycles. The molecule has 0 aromatic heterocycles. The zero-order chi connectivity index (χ0) is 13.2. The number of nitrogens with one attached hydrogen (secondary N) is 3. The van der Waals surface area contributed by atoms with Crippen LogP contribution in [0.1, 0.15) is 26.7 Å². The number of ether oxygens (including phenoxy) is 1. The van der Waals surface area contributed by atoms with Crippen LogP contribution in [0.25, 0.3) is 0 Å². The van der Waals surface area contributed by atoms with Crippen molar-refractivity contribution in [3.05, 3.63) is 0 Å². The van der Waals surface area contributed by atoms with Crippen LogP contribution in [0.4, 0.5) is 0 Å². The van der Waals surface area contributed by atoms with Crippen molar-refractivity contribution in [3.63, 3.8) is 0 Å². The molecule has 5 nitrogen and oxygen atoms in total. The van der Waals surface area contributed by atoms with Gasteiger partial charge in [0.2, 0.25) is 0 Å². The van der Waals surface area contributed by atoms with Crippen molar-refractivity contribution < 1.29 is 9.64 Å². The summed E-state index contributed by atoms with van der Waals surface area (Å²) in [6.45, 7) is 10.1. The van der Waals surface area contributed by atoms with E-state index in [4.69, 9.17) is 17.0 Å². The molecule has 1 saturated heterocycles. The standard InChI is InChI=1S/C12H24N4OS/c1-3-11(4-2)14-15-12(18)13-5-6-16-7-9-17-10-8-16/h3-10H2,1-2H3,(H2,13,15,18)/p+1. The van der Waals surface area contributed by atoms with E-state index in [1.807, 2.05) is 0 Å². The molecule has 1 fully saturated rings. The Kier molecular flexibility index (Phi) is 7.88. The van der Waals surface area contributed by atoms with Crippen molar-refractivity contribution in [1.29, 1.82) is 0 Å². The van der Waals surface area contributed by atoms with Gasteiger partial charge in [-0.3, -0.25) is 5.43 Å². The second-order valence-electron chi connectivity index (χ2n) is 4.37. The summed E-state index contributed by atoms with van der Waals surface area (Å²) in [5, 5.41) is 8.06. The number of morpholine rings is 1. The van der Waals surface area contributed by atoms with Crippen LogP contribution in [-0.4, -0.2) is 50.2 Å². The molecule has 0 aromatic carbocycles. The average Bonchev–Trinajstić information content (AvgIpc) is 2.41. The Balaban J connectivity index is 2.11. The van der Waals surface area contributed by atoms with Gasteiger partial charge in [-0.05, 0) is 25.1 Å². The maximum atomic E-state index is 5.32. The fraction of sp³-hybridized carbons (Fsp3) is 0.833. The highest BCUT2D eigenvalue weighted by atomic mass is 32.1. The number of nitrogens with zero attached hydrogens (tertiary/aromatic N) is 1. The van der Waals surface area contributed by atoms with Crippen LogP contribution in [0.5, 0.6) is 0 Å². The molecule has 1 heterocycles. The Bertz CT molecular complexity index is 271. The first kappa shape index (κ1) is 15.3. The summed E-state index contributed by atoms with van der Waals surface area (Å²) >= 11 is 5.17. The minimum Gasteiger partial charge on any atom is -0.370 e. The molecule has 0 spiro atoms. The van der Waals surface area contributed by atoms with Gasteiger partial charge in [-0.15, -0.1) is 0 Å². The lowest BCUT2D eigenvalue weighted by atomic mass is 10.2. The lowest BCUT2D eigenvalue weighted by Gasteiger charge is -2.23. The molecular formula is C12H25N4OS+. The van der Waals surface area contributed by atoms with Crippen molar-refractivity contribution in [2.75, 3.05) is 39.4 Å². The Labute approximate surface area is 115 Å². The average molecular weight is 273 g/mol. The van der Waals surface area contributed by atoms with Crippen LogP contribution in [0, 0.1) is 0 Å². The molecule has 0 radical (unpaired) electrons. The predicted octanol–water partition coefficient (Wildman–Crippen LogP) is -0.458. The lowest BCUT2D eigenvalue weighted by molar-refractivity contribution is -0.906. The van der Waals surface area contributed by atoms with E-state index in [2.05, 4.69) is 29.7 Å². The van der Waals surface area contributed by atoms with Gasteiger partial charge in [-0.2, -0.15) is 5.10 Å². The first-order chi connectivity index (χ1) is 8.76. The van der Waals surface area contributed by atoms with Gasteiger partial charge in [0.25, 0.3) is 0 Å². The van der Waals surface area contributed by atoms with Crippen LogP contribution in [0.2, 0.25) is 0 Å². The second kappa shape index (κ2) is 9.24. The normalized spacial score (nSPS) is 16.1. The number of thiocarbonyl (C=S) groups is 1. The molecule has 3 N–H and O–H groups in total. The molecule has 0 saturated carbocycles. The second-order valence-corrected chi connectivity index (χ2v) is 4.77. The Morgan fingerprint density at radius 2 is 1.94 bits per heavy atom. The maximum Gasteiger partial charge on any atom is 0.187 e. The van der Waals surface area contributed by atoms with Crippen LogP contribution in [-0.2, 0) is 4.74 Å². The van der Waals surface area contributed by atoms with Gasteiger partial charge in [-0.1, -0.05) is 13.8 Å². The minimum atomic E-state index is 0.613. The third kappa shape index (κ3) is 6.28. The van der Waals surface area contributed by atoms with Crippen LogP contribution in [0.3, 0.4) is 0 Å². The zero-order valence-electron chi connectivity index (χ0n) is 11.4. The smallest absolute Gasteiger partial charge is 0.187 e. The molecule has 0 atom stereocenters. The summed E-state index contributed by atoms with van der Waals surface area (Å²) in [4.78, 5) is 1.57. The first-order valence-corrected chi connectivity index (χ1v) is 7.17. The number of quaternary nitrogens is 1. The molecular weight excluding hydrogens is 248 g/mol. The van der Waals surface area contributed by atoms with Gasteiger partial charge < -0.3 is 15.0 Å². The SMILES string of the molecule is CCC(CC)=NNC(=S)NCC[NH+]1CCOCC1. The summed E-state index contributed by atoms with van der Waals surface area (Å²) in [7, 11) is 0. The van der Waals surface area contributed by atoms with Gasteiger partial charge in [0.05, 0.1) is 26.3 Å². The monoisotopic (exact) mass is 273 g/mol. The summed E-state index contributed by atoms with van der Waals surface area (Å²) in [5.74, 6) is 0. The quantitative estimate of drug-likeness (QED) is 0.348. The van der Waals surface area contributed by atoms with E-state index >= 15 is 0 Å². The van der Waals surface area contributed by atoms with Crippen molar-refractivity contribution in [3.8, 4) is 0 Å². The van der Waals surface area contributed by atoms with E-state index in [-0.39, 0.29) is 0 Å². The number of rotatable bonds is 6. The summed E-state index contributed by atoms with van der Waals surface area (Å²) in [6, 6.07) is 0. The minimum absolute atomic E-state index is 0.613. The molecule has 104 valence electrons. The van der Waals surface area contributed by atoms with Gasteiger partial charge in [0, 0.05) is 5.71 Å². The van der Waals surface area contributed by atoms with E-state index in [1.165, 1.54) is 0 Å². The fourth-order valence-electron chi connectivity index (χ4n) is 1.84. The third-order valence-electron chi connectivity index (χ3n) is 3.10. The van der Waals surface area contributed by atoms with Crippen molar-refractivity contribution in [2.45, 2.75) is 26.7 Å².